The van der Waals surface area contributed by atoms with Crippen molar-refractivity contribution in [3.05, 3.63) is 71.3 Å². The summed E-state index contributed by atoms with van der Waals surface area (Å²) in [6.45, 7) is 1.22. The predicted octanol–water partition coefficient (Wildman–Crippen LogP) is 3.38. The number of carbonyl (C=O) groups is 6. The molecular weight excluding hydrogens is 690 g/mol. The summed E-state index contributed by atoms with van der Waals surface area (Å²) in [6, 6.07) is 11.7. The van der Waals surface area contributed by atoms with Gasteiger partial charge >= 0.3 is 5.97 Å². The lowest BCUT2D eigenvalue weighted by Gasteiger charge is -2.32. The first-order chi connectivity index (χ1) is 26.0. The number of hydrogen-bond acceptors (Lipinski definition) is 7. The van der Waals surface area contributed by atoms with E-state index in [0.717, 1.165) is 81.8 Å². The van der Waals surface area contributed by atoms with Gasteiger partial charge in [0.15, 0.2) is 12.1 Å². The van der Waals surface area contributed by atoms with Crippen LogP contribution in [0.5, 0.6) is 0 Å². The fraction of sp³-hybridized carbons (Fsp3) is 0.561. The van der Waals surface area contributed by atoms with E-state index in [1.165, 1.54) is 0 Å². The van der Waals surface area contributed by atoms with Gasteiger partial charge in [0.1, 0.15) is 12.1 Å². The average Bonchev–Trinajstić information content (AvgIpc) is 3.17. The minimum atomic E-state index is -1.76. The number of nitrogens with one attached hydrogen (secondary N) is 5. The van der Waals surface area contributed by atoms with E-state index in [-0.39, 0.29) is 24.7 Å². The second kappa shape index (κ2) is 21.8. The van der Waals surface area contributed by atoms with Crippen LogP contribution in [0, 0.1) is 5.92 Å². The van der Waals surface area contributed by atoms with Crippen LogP contribution < -0.4 is 26.6 Å². The van der Waals surface area contributed by atoms with Crippen molar-refractivity contribution in [1.29, 1.82) is 0 Å². The molecule has 1 fully saturated rings. The molecular formula is C41H57N5O8. The van der Waals surface area contributed by atoms with E-state index in [9.17, 15) is 39.0 Å². The molecule has 5 amide bonds. The van der Waals surface area contributed by atoms with Crippen LogP contribution in [0.4, 0.5) is 0 Å². The van der Waals surface area contributed by atoms with Gasteiger partial charge in [0.05, 0.1) is 12.6 Å². The molecule has 0 saturated heterocycles. The number of fused-ring (bicyclic) bond motifs is 2. The first-order valence-corrected chi connectivity index (χ1v) is 19.6. The smallest absolute Gasteiger partial charge is 0.330 e. The highest BCUT2D eigenvalue weighted by molar-refractivity contribution is 5.93. The van der Waals surface area contributed by atoms with Crippen LogP contribution in [0.3, 0.4) is 0 Å². The Morgan fingerprint density at radius 1 is 0.815 bits per heavy atom. The summed E-state index contributed by atoms with van der Waals surface area (Å²) in [7, 11) is 0. The number of hydrogen-bond donors (Lipinski definition) is 7. The Balaban J connectivity index is 1.49. The summed E-state index contributed by atoms with van der Waals surface area (Å²) in [4.78, 5) is 78.8. The molecule has 1 aliphatic heterocycles. The normalized spacial score (nSPS) is 20.9. The number of rotatable bonds is 12. The van der Waals surface area contributed by atoms with E-state index in [1.807, 2.05) is 31.2 Å². The maximum absolute atomic E-state index is 14.1. The zero-order valence-electron chi connectivity index (χ0n) is 31.3. The first kappa shape index (κ1) is 42.0. The Morgan fingerprint density at radius 2 is 1.48 bits per heavy atom. The molecule has 54 heavy (non-hydrogen) atoms. The molecule has 2 aromatic carbocycles. The van der Waals surface area contributed by atoms with Crippen molar-refractivity contribution in [3.8, 4) is 0 Å². The molecule has 7 N–H and O–H groups in total. The fourth-order valence-electron chi connectivity index (χ4n) is 7.38. The number of carboxylic acids is 1. The number of aliphatic hydroxyl groups excluding tert-OH is 1. The second-order valence-electron chi connectivity index (χ2n) is 14.6. The molecule has 294 valence electrons. The van der Waals surface area contributed by atoms with Gasteiger partial charge in [-0.3, -0.25) is 24.0 Å². The molecule has 1 heterocycles. The monoisotopic (exact) mass is 747 g/mol. The van der Waals surface area contributed by atoms with Crippen LogP contribution in [-0.2, 0) is 41.6 Å². The molecule has 13 nitrogen and oxygen atoms in total. The van der Waals surface area contributed by atoms with E-state index < -0.39 is 66.4 Å². The van der Waals surface area contributed by atoms with E-state index in [2.05, 4.69) is 26.6 Å². The number of aryl methyl sites for hydroxylation is 1. The molecule has 5 atom stereocenters. The zero-order valence-corrected chi connectivity index (χ0v) is 31.3. The van der Waals surface area contributed by atoms with Gasteiger partial charge in [-0.2, -0.15) is 0 Å². The van der Waals surface area contributed by atoms with Crippen molar-refractivity contribution in [1.82, 2.24) is 26.6 Å². The van der Waals surface area contributed by atoms with Gasteiger partial charge in [0, 0.05) is 12.8 Å². The highest BCUT2D eigenvalue weighted by Crippen LogP contribution is 2.27. The molecule has 0 aromatic heterocycles. The number of carbonyl (C=O) groups excluding carboxylic acids is 5. The third-order valence-corrected chi connectivity index (χ3v) is 10.3. The zero-order chi connectivity index (χ0) is 38.9. The number of aliphatic hydroxyl groups is 1. The van der Waals surface area contributed by atoms with Gasteiger partial charge in [-0.15, -0.1) is 0 Å². The molecule has 1 saturated carbocycles. The SMILES string of the molecule is CCC[C@H](NC(=O)[C@@H]1Cc2cccc(c2)CCCCCCCC(=O)N[C@@H](C2CCCCC2)C(=O)N1)[C@@H](O)C(=O)NCC(=O)N[C@@H](C(=O)O)c1ccccc1. The van der Waals surface area contributed by atoms with Crippen molar-refractivity contribution in [2.75, 3.05) is 6.54 Å². The summed E-state index contributed by atoms with van der Waals surface area (Å²) in [5.41, 5.74) is 2.31. The maximum atomic E-state index is 14.1. The topological polar surface area (TPSA) is 203 Å². The van der Waals surface area contributed by atoms with Gasteiger partial charge in [0.2, 0.25) is 23.6 Å². The Labute approximate surface area is 317 Å². The van der Waals surface area contributed by atoms with Gasteiger partial charge in [0.25, 0.3) is 5.91 Å². The van der Waals surface area contributed by atoms with Crippen molar-refractivity contribution in [2.45, 2.75) is 134 Å². The minimum Gasteiger partial charge on any atom is -0.479 e. The maximum Gasteiger partial charge on any atom is 0.330 e. The second-order valence-corrected chi connectivity index (χ2v) is 14.6. The minimum absolute atomic E-state index is 0.0640. The van der Waals surface area contributed by atoms with Gasteiger partial charge in [-0.1, -0.05) is 106 Å². The Morgan fingerprint density at radius 3 is 2.19 bits per heavy atom. The molecule has 0 unspecified atom stereocenters. The molecule has 0 radical (unpaired) electrons. The van der Waals surface area contributed by atoms with Crippen LogP contribution in [-0.4, -0.2) is 76.5 Å². The summed E-state index contributed by atoms with van der Waals surface area (Å²) in [5.74, 6) is -4.28. The summed E-state index contributed by atoms with van der Waals surface area (Å²) >= 11 is 0. The molecule has 2 aromatic rings. The lowest BCUT2D eigenvalue weighted by atomic mass is 9.83. The van der Waals surface area contributed by atoms with Crippen molar-refractivity contribution in [3.63, 3.8) is 0 Å². The van der Waals surface area contributed by atoms with Gasteiger partial charge in [-0.05, 0) is 61.1 Å². The first-order valence-electron chi connectivity index (χ1n) is 19.6. The van der Waals surface area contributed by atoms with E-state index in [1.54, 1.807) is 30.3 Å². The third kappa shape index (κ3) is 13.3. The average molecular weight is 748 g/mol. The molecule has 0 spiro atoms. The van der Waals surface area contributed by atoms with Crippen molar-refractivity contribution < 1.29 is 39.0 Å². The molecule has 4 rings (SSSR count). The summed E-state index contributed by atoms with van der Waals surface area (Å²) in [6.07, 6.45) is 9.56. The molecule has 1 aliphatic carbocycles. The Hall–Kier alpha value is -4.78. The van der Waals surface area contributed by atoms with Crippen LogP contribution in [0.2, 0.25) is 0 Å². The van der Waals surface area contributed by atoms with Crippen LogP contribution in [0.25, 0.3) is 0 Å². The van der Waals surface area contributed by atoms with E-state index in [4.69, 9.17) is 0 Å². The van der Waals surface area contributed by atoms with Crippen molar-refractivity contribution in [2.24, 2.45) is 5.92 Å². The predicted molar refractivity (Wildman–Crippen MR) is 203 cm³/mol. The van der Waals surface area contributed by atoms with E-state index >= 15 is 0 Å². The number of benzene rings is 2. The summed E-state index contributed by atoms with van der Waals surface area (Å²) < 4.78 is 0. The quantitative estimate of drug-likeness (QED) is 0.171. The van der Waals surface area contributed by atoms with Crippen LogP contribution in [0.15, 0.2) is 54.6 Å². The Kier molecular flexibility index (Phi) is 16.9. The van der Waals surface area contributed by atoms with Crippen LogP contribution in [0.1, 0.15) is 113 Å². The number of carboxylic acid groups (broad SMARTS) is 1. The van der Waals surface area contributed by atoms with Gasteiger partial charge < -0.3 is 36.8 Å². The summed E-state index contributed by atoms with van der Waals surface area (Å²) in [5, 5.41) is 34.2. The standard InChI is InChI=1S/C41H57N5O8/c1-2-15-31(37(49)40(52)42-26-34(48)46-36(41(53)54)30-21-11-7-12-22-30)43-38(50)32-25-28-18-14-17-27(24-28)16-8-4-3-5-13-23-33(47)45-35(39(51)44-32)29-19-9-6-10-20-29/h7,11-12,14,17-18,21-22,24,29,31-32,35-37,49H,2-6,8-10,13,15-16,19-20,23,25-26H2,1H3,(H,42,52)(H,43,50)(H,44,51)(H,45,47)(H,46,48)(H,53,54)/t31-,32-,35-,36+,37+/m0/s1. The van der Waals surface area contributed by atoms with Crippen LogP contribution >= 0.6 is 0 Å². The Bertz CT molecular complexity index is 1560. The number of aliphatic carboxylic acids is 1. The lowest BCUT2D eigenvalue weighted by molar-refractivity contribution is -0.142. The molecule has 2 aliphatic rings. The fourth-order valence-corrected chi connectivity index (χ4v) is 7.38. The van der Waals surface area contributed by atoms with E-state index in [0.29, 0.717) is 18.4 Å². The molecule has 2 bridgehead atoms. The molecule has 13 heteroatoms. The highest BCUT2D eigenvalue weighted by Gasteiger charge is 2.35. The highest BCUT2D eigenvalue weighted by atomic mass is 16.4. The largest absolute Gasteiger partial charge is 0.479 e. The lowest BCUT2D eigenvalue weighted by Crippen LogP contribution is -2.59. The van der Waals surface area contributed by atoms with Crippen molar-refractivity contribution >= 4 is 35.5 Å². The third-order valence-electron chi connectivity index (χ3n) is 10.3. The number of amides is 5. The van der Waals surface area contributed by atoms with Gasteiger partial charge in [-0.25, -0.2) is 4.79 Å².